The van der Waals surface area contributed by atoms with Crippen LogP contribution in [0.5, 0.6) is 0 Å². The van der Waals surface area contributed by atoms with Crippen molar-refractivity contribution in [3.63, 3.8) is 0 Å². The predicted octanol–water partition coefficient (Wildman–Crippen LogP) is 5.79. The van der Waals surface area contributed by atoms with E-state index in [9.17, 15) is 9.90 Å². The summed E-state index contributed by atoms with van der Waals surface area (Å²) in [5.74, 6) is -0.165. The molecule has 2 heterocycles. The SMILES string of the molecule is CCC/C1=C/C=CC(N2C(=O)C(CC(CO)N(CCC)Cc3ccccn3)c3ccccc32)/C=C\C1. The topological polar surface area (TPSA) is 56.7 Å². The van der Waals surface area contributed by atoms with Crippen LogP contribution in [0.25, 0.3) is 0 Å². The first-order chi connectivity index (χ1) is 17.7. The number of aromatic nitrogens is 1. The van der Waals surface area contributed by atoms with Crippen LogP contribution >= 0.6 is 0 Å². The van der Waals surface area contributed by atoms with Gasteiger partial charge in [-0.05, 0) is 56.0 Å². The number of para-hydroxylation sites is 1. The first-order valence-electron chi connectivity index (χ1n) is 13.4. The third-order valence-electron chi connectivity index (χ3n) is 7.17. The molecule has 3 atom stereocenters. The standard InChI is InChI=1S/C31H39N3O2/c1-3-11-24-12-9-15-26(16-10-13-24)34-30-18-6-5-17-28(30)29(31(34)36)21-27(23-35)33(20-4-2)22-25-14-7-8-19-32-25/h5-10,12,14-19,26-27,29,35H,3-4,11,13,20-23H2,1-2H3/b15-9?,16-10-,24-12-. The maximum absolute atomic E-state index is 13.9. The van der Waals surface area contributed by atoms with Crippen LogP contribution in [0.4, 0.5) is 5.69 Å². The van der Waals surface area contributed by atoms with E-state index in [0.717, 1.165) is 49.2 Å². The zero-order chi connectivity index (χ0) is 25.3. The van der Waals surface area contributed by atoms with Crippen molar-refractivity contribution in [2.75, 3.05) is 18.1 Å². The average Bonchev–Trinajstić information content (AvgIpc) is 3.15. The first-order valence-corrected chi connectivity index (χ1v) is 13.4. The van der Waals surface area contributed by atoms with Crippen molar-refractivity contribution in [3.05, 3.63) is 95.9 Å². The first kappa shape index (κ1) is 26.1. The number of rotatable bonds is 11. The van der Waals surface area contributed by atoms with Crippen LogP contribution in [-0.4, -0.2) is 46.1 Å². The molecule has 1 N–H and O–H groups in total. The van der Waals surface area contributed by atoms with Gasteiger partial charge in [-0.2, -0.15) is 0 Å². The molecule has 1 aromatic heterocycles. The van der Waals surface area contributed by atoms with Gasteiger partial charge in [0.2, 0.25) is 5.91 Å². The van der Waals surface area contributed by atoms with Gasteiger partial charge >= 0.3 is 0 Å². The van der Waals surface area contributed by atoms with Gasteiger partial charge < -0.3 is 10.0 Å². The number of hydrogen-bond donors (Lipinski definition) is 1. The molecule has 1 aliphatic heterocycles. The van der Waals surface area contributed by atoms with Crippen molar-refractivity contribution in [1.29, 1.82) is 0 Å². The van der Waals surface area contributed by atoms with E-state index in [4.69, 9.17) is 0 Å². The number of carbonyl (C=O) groups excluding carboxylic acids is 1. The van der Waals surface area contributed by atoms with Gasteiger partial charge in [-0.15, -0.1) is 0 Å². The number of amides is 1. The van der Waals surface area contributed by atoms with E-state index >= 15 is 0 Å². The second-order valence-corrected chi connectivity index (χ2v) is 9.77. The molecule has 0 saturated heterocycles. The number of fused-ring (bicyclic) bond motifs is 1. The van der Waals surface area contributed by atoms with Gasteiger partial charge in [0.05, 0.1) is 24.3 Å². The minimum absolute atomic E-state index is 0.00696. The smallest absolute Gasteiger partial charge is 0.235 e. The number of anilines is 1. The van der Waals surface area contributed by atoms with Gasteiger partial charge in [-0.1, -0.05) is 80.5 Å². The fourth-order valence-corrected chi connectivity index (χ4v) is 5.42. The van der Waals surface area contributed by atoms with E-state index in [1.54, 1.807) is 6.20 Å². The zero-order valence-electron chi connectivity index (χ0n) is 21.6. The van der Waals surface area contributed by atoms with Crippen LogP contribution in [0, 0.1) is 0 Å². The summed E-state index contributed by atoms with van der Waals surface area (Å²) in [6.45, 7) is 5.85. The Balaban J connectivity index is 1.58. The number of pyridine rings is 1. The molecule has 0 radical (unpaired) electrons. The Labute approximate surface area is 215 Å². The lowest BCUT2D eigenvalue weighted by atomic mass is 9.92. The minimum atomic E-state index is -0.278. The summed E-state index contributed by atoms with van der Waals surface area (Å²) in [5.41, 5.74) is 4.43. The Hall–Kier alpha value is -3.02. The summed E-state index contributed by atoms with van der Waals surface area (Å²) in [6, 6.07) is 13.8. The van der Waals surface area contributed by atoms with E-state index in [0.29, 0.717) is 13.0 Å². The van der Waals surface area contributed by atoms with Crippen molar-refractivity contribution in [2.45, 2.75) is 70.5 Å². The molecule has 4 rings (SSSR count). The average molecular weight is 486 g/mol. The molecule has 1 amide bonds. The fourth-order valence-electron chi connectivity index (χ4n) is 5.42. The highest BCUT2D eigenvalue weighted by molar-refractivity contribution is 6.06. The summed E-state index contributed by atoms with van der Waals surface area (Å²) in [5, 5.41) is 10.4. The molecular weight excluding hydrogens is 446 g/mol. The molecule has 0 saturated carbocycles. The number of aliphatic hydroxyl groups excluding tert-OH is 1. The van der Waals surface area contributed by atoms with E-state index < -0.39 is 0 Å². The van der Waals surface area contributed by atoms with Crippen LogP contribution < -0.4 is 4.90 Å². The van der Waals surface area contributed by atoms with Gasteiger partial charge in [0.15, 0.2) is 0 Å². The molecule has 0 fully saturated rings. The maximum Gasteiger partial charge on any atom is 0.235 e. The maximum atomic E-state index is 13.9. The fraction of sp³-hybridized carbons (Fsp3) is 0.419. The summed E-state index contributed by atoms with van der Waals surface area (Å²) in [4.78, 5) is 22.7. The molecule has 1 aromatic carbocycles. The highest BCUT2D eigenvalue weighted by Crippen LogP contribution is 2.42. The molecule has 190 valence electrons. The van der Waals surface area contributed by atoms with Crippen molar-refractivity contribution < 1.29 is 9.90 Å². The van der Waals surface area contributed by atoms with Crippen LogP contribution in [0.1, 0.15) is 63.1 Å². The Kier molecular flexibility index (Phi) is 9.26. The number of aliphatic hydroxyl groups is 1. The third kappa shape index (κ3) is 6.03. The lowest BCUT2D eigenvalue weighted by Gasteiger charge is -2.32. The van der Waals surface area contributed by atoms with Crippen molar-refractivity contribution in [1.82, 2.24) is 9.88 Å². The van der Waals surface area contributed by atoms with Gasteiger partial charge in [0.25, 0.3) is 0 Å². The van der Waals surface area contributed by atoms with Gasteiger partial charge in [0, 0.05) is 24.5 Å². The zero-order valence-corrected chi connectivity index (χ0v) is 21.6. The molecule has 5 nitrogen and oxygen atoms in total. The number of carbonyl (C=O) groups is 1. The summed E-state index contributed by atoms with van der Waals surface area (Å²) >= 11 is 0. The highest BCUT2D eigenvalue weighted by Gasteiger charge is 2.41. The van der Waals surface area contributed by atoms with E-state index in [1.807, 2.05) is 35.2 Å². The molecule has 5 heteroatoms. The largest absolute Gasteiger partial charge is 0.395 e. The van der Waals surface area contributed by atoms with Crippen molar-refractivity contribution >= 4 is 11.6 Å². The van der Waals surface area contributed by atoms with Crippen LogP contribution in [0.3, 0.4) is 0 Å². The van der Waals surface area contributed by atoms with Crippen molar-refractivity contribution in [3.8, 4) is 0 Å². The Bertz CT molecular complexity index is 1090. The molecule has 3 unspecified atom stereocenters. The molecule has 0 spiro atoms. The molecule has 2 aliphatic rings. The normalized spacial score (nSPS) is 22.6. The second-order valence-electron chi connectivity index (χ2n) is 9.77. The van der Waals surface area contributed by atoms with Crippen LogP contribution in [-0.2, 0) is 11.3 Å². The molecule has 1 aliphatic carbocycles. The van der Waals surface area contributed by atoms with E-state index in [-0.39, 0.29) is 30.5 Å². The molecule has 36 heavy (non-hydrogen) atoms. The Morgan fingerprint density at radius 1 is 1.11 bits per heavy atom. The summed E-state index contributed by atoms with van der Waals surface area (Å²) in [6.07, 6.45) is 17.3. The molecular formula is C31H39N3O2. The number of benzene rings is 1. The highest BCUT2D eigenvalue weighted by atomic mass is 16.3. The molecule has 0 bridgehead atoms. The quantitative estimate of drug-likeness (QED) is 0.410. The second kappa shape index (κ2) is 12.8. The van der Waals surface area contributed by atoms with E-state index in [1.165, 1.54) is 5.57 Å². The van der Waals surface area contributed by atoms with Gasteiger partial charge in [-0.25, -0.2) is 0 Å². The third-order valence-corrected chi connectivity index (χ3v) is 7.17. The predicted molar refractivity (Wildman–Crippen MR) is 147 cm³/mol. The Morgan fingerprint density at radius 3 is 2.69 bits per heavy atom. The summed E-state index contributed by atoms with van der Waals surface area (Å²) < 4.78 is 0. The molecule has 2 aromatic rings. The summed E-state index contributed by atoms with van der Waals surface area (Å²) in [7, 11) is 0. The van der Waals surface area contributed by atoms with E-state index in [2.05, 4.69) is 66.2 Å². The van der Waals surface area contributed by atoms with Crippen molar-refractivity contribution in [2.24, 2.45) is 0 Å². The lowest BCUT2D eigenvalue weighted by molar-refractivity contribution is -0.120. The van der Waals surface area contributed by atoms with Crippen LogP contribution in [0.15, 0.2) is 84.6 Å². The number of nitrogens with zero attached hydrogens (tertiary/aromatic N) is 3. The number of hydrogen-bond acceptors (Lipinski definition) is 4. The monoisotopic (exact) mass is 485 g/mol. The number of allylic oxidation sites excluding steroid dienone is 4. The minimum Gasteiger partial charge on any atom is -0.395 e. The Morgan fingerprint density at radius 2 is 1.94 bits per heavy atom. The lowest BCUT2D eigenvalue weighted by Crippen LogP contribution is -2.42. The van der Waals surface area contributed by atoms with Gasteiger partial charge in [0.1, 0.15) is 0 Å². The van der Waals surface area contributed by atoms with Gasteiger partial charge in [-0.3, -0.25) is 14.7 Å². The van der Waals surface area contributed by atoms with Crippen LogP contribution in [0.2, 0.25) is 0 Å².